The molecule has 0 saturated heterocycles. The Morgan fingerprint density at radius 3 is 2.08 bits per heavy atom. The third kappa shape index (κ3) is 9.59. The highest BCUT2D eigenvalue weighted by atomic mass is 16.5. The molecular formula is C22H33O4. The van der Waals surface area contributed by atoms with Gasteiger partial charge in [0.2, 0.25) is 0 Å². The standard InChI is InChI=1S/C22H33O4/c1-3-5-6-7-8-9-10-11-12-15-18-25-22(24)19-16-13-14-17-20(19)26-21(23)4-2/h4,13-14,16-17H,3,5-12,15,18H2,1-2H3. The lowest BCUT2D eigenvalue weighted by Crippen LogP contribution is -2.12. The predicted octanol–water partition coefficient (Wildman–Crippen LogP) is 5.89. The maximum absolute atomic E-state index is 12.2. The fraction of sp³-hybridized carbons (Fsp3) is 0.591. The largest absolute Gasteiger partial charge is 0.462 e. The normalized spacial score (nSPS) is 10.5. The van der Waals surface area contributed by atoms with Crippen LogP contribution >= 0.6 is 0 Å². The molecule has 0 aliphatic rings. The van der Waals surface area contributed by atoms with Gasteiger partial charge in [-0.1, -0.05) is 83.8 Å². The van der Waals surface area contributed by atoms with E-state index < -0.39 is 11.9 Å². The van der Waals surface area contributed by atoms with E-state index in [1.165, 1.54) is 57.8 Å². The molecule has 0 atom stereocenters. The van der Waals surface area contributed by atoms with E-state index in [2.05, 4.69) is 6.92 Å². The number of esters is 2. The number of para-hydroxylation sites is 1. The number of ether oxygens (including phenoxy) is 2. The van der Waals surface area contributed by atoms with Crippen LogP contribution in [0.1, 0.15) is 88.4 Å². The SMILES string of the molecule is C[CH]C(=O)Oc1ccccc1C(=O)OCCCCCCCCCCCC. The first kappa shape index (κ1) is 22.2. The molecule has 145 valence electrons. The highest BCUT2D eigenvalue weighted by Crippen LogP contribution is 2.20. The summed E-state index contributed by atoms with van der Waals surface area (Å²) < 4.78 is 10.4. The van der Waals surface area contributed by atoms with Crippen molar-refractivity contribution in [3.63, 3.8) is 0 Å². The van der Waals surface area contributed by atoms with Gasteiger partial charge in [0, 0.05) is 0 Å². The van der Waals surface area contributed by atoms with Crippen LogP contribution in [0.25, 0.3) is 0 Å². The summed E-state index contributed by atoms with van der Waals surface area (Å²) in [6.45, 7) is 4.23. The lowest BCUT2D eigenvalue weighted by Gasteiger charge is -2.09. The predicted molar refractivity (Wildman–Crippen MR) is 104 cm³/mol. The average molecular weight is 362 g/mol. The van der Waals surface area contributed by atoms with Crippen molar-refractivity contribution in [3.05, 3.63) is 36.2 Å². The summed E-state index contributed by atoms with van der Waals surface area (Å²) >= 11 is 0. The molecule has 1 aromatic rings. The summed E-state index contributed by atoms with van der Waals surface area (Å²) in [4.78, 5) is 23.6. The molecule has 0 aromatic heterocycles. The van der Waals surface area contributed by atoms with Gasteiger partial charge in [-0.25, -0.2) is 4.79 Å². The Bertz CT molecular complexity index is 525. The molecule has 0 aliphatic carbocycles. The summed E-state index contributed by atoms with van der Waals surface area (Å²) in [6.07, 6.45) is 13.7. The van der Waals surface area contributed by atoms with Crippen LogP contribution < -0.4 is 4.74 Å². The zero-order valence-corrected chi connectivity index (χ0v) is 16.3. The maximum atomic E-state index is 12.2. The van der Waals surface area contributed by atoms with Crippen molar-refractivity contribution < 1.29 is 19.1 Å². The van der Waals surface area contributed by atoms with Gasteiger partial charge in [0.15, 0.2) is 0 Å². The molecule has 0 saturated carbocycles. The number of carbonyl (C=O) groups is 2. The zero-order chi connectivity index (χ0) is 19.0. The Balaban J connectivity index is 2.16. The molecule has 0 spiro atoms. The highest BCUT2D eigenvalue weighted by Gasteiger charge is 2.15. The summed E-state index contributed by atoms with van der Waals surface area (Å²) in [7, 11) is 0. The van der Waals surface area contributed by atoms with Gasteiger partial charge in [0.25, 0.3) is 0 Å². The minimum atomic E-state index is -0.486. The maximum Gasteiger partial charge on any atom is 0.341 e. The number of hydrogen-bond acceptors (Lipinski definition) is 4. The Hall–Kier alpha value is -1.84. The van der Waals surface area contributed by atoms with Gasteiger partial charge in [-0.15, -0.1) is 0 Å². The molecule has 1 radical (unpaired) electrons. The van der Waals surface area contributed by atoms with Crippen LogP contribution in [0.15, 0.2) is 24.3 Å². The lowest BCUT2D eigenvalue weighted by molar-refractivity contribution is -0.130. The van der Waals surface area contributed by atoms with E-state index in [4.69, 9.17) is 9.47 Å². The van der Waals surface area contributed by atoms with Gasteiger partial charge in [0.05, 0.1) is 13.0 Å². The number of benzene rings is 1. The molecule has 0 heterocycles. The van der Waals surface area contributed by atoms with Gasteiger partial charge < -0.3 is 9.47 Å². The van der Waals surface area contributed by atoms with Crippen LogP contribution in [-0.2, 0) is 9.53 Å². The topological polar surface area (TPSA) is 52.6 Å². The van der Waals surface area contributed by atoms with Crippen LogP contribution in [0, 0.1) is 6.42 Å². The smallest absolute Gasteiger partial charge is 0.341 e. The van der Waals surface area contributed by atoms with Crippen LogP contribution in [0.4, 0.5) is 0 Å². The molecule has 26 heavy (non-hydrogen) atoms. The van der Waals surface area contributed by atoms with Gasteiger partial charge in [-0.2, -0.15) is 0 Å². The molecule has 0 fully saturated rings. The zero-order valence-electron chi connectivity index (χ0n) is 16.3. The van der Waals surface area contributed by atoms with Crippen molar-refractivity contribution in [3.8, 4) is 5.75 Å². The molecule has 0 bridgehead atoms. The Morgan fingerprint density at radius 2 is 1.46 bits per heavy atom. The van der Waals surface area contributed by atoms with E-state index in [0.717, 1.165) is 12.8 Å². The minimum absolute atomic E-state index is 0.240. The first-order valence-electron chi connectivity index (χ1n) is 9.96. The van der Waals surface area contributed by atoms with Crippen LogP contribution in [0.3, 0.4) is 0 Å². The summed E-state index contributed by atoms with van der Waals surface area (Å²) in [5, 5.41) is 0. The Labute approximate surface area is 158 Å². The molecule has 4 nitrogen and oxygen atoms in total. The van der Waals surface area contributed by atoms with E-state index in [1.54, 1.807) is 31.2 Å². The number of carbonyl (C=O) groups excluding carboxylic acids is 2. The Morgan fingerprint density at radius 1 is 0.885 bits per heavy atom. The van der Waals surface area contributed by atoms with E-state index in [0.29, 0.717) is 6.61 Å². The van der Waals surface area contributed by atoms with Crippen molar-refractivity contribution in [2.24, 2.45) is 0 Å². The molecule has 0 N–H and O–H groups in total. The second kappa shape index (κ2) is 14.3. The third-order valence-corrected chi connectivity index (χ3v) is 4.28. The van der Waals surface area contributed by atoms with Crippen molar-refractivity contribution in [1.82, 2.24) is 0 Å². The monoisotopic (exact) mass is 361 g/mol. The number of unbranched alkanes of at least 4 members (excludes halogenated alkanes) is 9. The average Bonchev–Trinajstić information content (AvgIpc) is 2.66. The molecular weight excluding hydrogens is 328 g/mol. The minimum Gasteiger partial charge on any atom is -0.462 e. The van der Waals surface area contributed by atoms with Gasteiger partial charge in [0.1, 0.15) is 11.3 Å². The van der Waals surface area contributed by atoms with Crippen molar-refractivity contribution in [2.75, 3.05) is 6.61 Å². The number of hydrogen-bond donors (Lipinski definition) is 0. The fourth-order valence-corrected chi connectivity index (χ4v) is 2.72. The van der Waals surface area contributed by atoms with Crippen molar-refractivity contribution >= 4 is 11.9 Å². The van der Waals surface area contributed by atoms with Crippen LogP contribution in [-0.4, -0.2) is 18.5 Å². The summed E-state index contributed by atoms with van der Waals surface area (Å²) in [6, 6.07) is 6.65. The van der Waals surface area contributed by atoms with Crippen molar-refractivity contribution in [1.29, 1.82) is 0 Å². The Kier molecular flexibility index (Phi) is 12.2. The van der Waals surface area contributed by atoms with Gasteiger partial charge >= 0.3 is 11.9 Å². The quantitative estimate of drug-likeness (QED) is 0.235. The fourth-order valence-electron chi connectivity index (χ4n) is 2.72. The van der Waals surface area contributed by atoms with Crippen molar-refractivity contribution in [2.45, 2.75) is 78.1 Å². The van der Waals surface area contributed by atoms with E-state index in [1.807, 2.05) is 0 Å². The third-order valence-electron chi connectivity index (χ3n) is 4.28. The molecule has 0 unspecified atom stereocenters. The molecule has 4 heteroatoms. The second-order valence-electron chi connectivity index (χ2n) is 6.52. The van der Waals surface area contributed by atoms with Crippen LogP contribution in [0.5, 0.6) is 5.75 Å². The molecule has 1 aromatic carbocycles. The van der Waals surface area contributed by atoms with Crippen LogP contribution in [0.2, 0.25) is 0 Å². The van der Waals surface area contributed by atoms with E-state index in [9.17, 15) is 9.59 Å². The second-order valence-corrected chi connectivity index (χ2v) is 6.52. The van der Waals surface area contributed by atoms with E-state index in [-0.39, 0.29) is 11.3 Å². The summed E-state index contributed by atoms with van der Waals surface area (Å²) in [5.74, 6) is -0.691. The lowest BCUT2D eigenvalue weighted by atomic mass is 10.1. The van der Waals surface area contributed by atoms with Gasteiger partial charge in [-0.3, -0.25) is 4.79 Å². The molecule has 1 rings (SSSR count). The summed E-state index contributed by atoms with van der Waals surface area (Å²) in [5.41, 5.74) is 0.287. The van der Waals surface area contributed by atoms with Gasteiger partial charge in [-0.05, 0) is 18.6 Å². The first-order chi connectivity index (χ1) is 12.7. The van der Waals surface area contributed by atoms with E-state index >= 15 is 0 Å². The first-order valence-corrected chi connectivity index (χ1v) is 9.96. The molecule has 0 amide bonds. The highest BCUT2D eigenvalue weighted by molar-refractivity contribution is 5.94. The molecule has 0 aliphatic heterocycles. The number of rotatable bonds is 14.